The van der Waals surface area contributed by atoms with Crippen molar-refractivity contribution in [1.82, 2.24) is 4.90 Å². The Kier molecular flexibility index (Phi) is 11.0. The normalized spacial score (nSPS) is 16.1. The van der Waals surface area contributed by atoms with Gasteiger partial charge >= 0.3 is 0 Å². The number of amides is 1. The average Bonchev–Trinajstić information content (AvgIpc) is 3.27. The quantitative estimate of drug-likeness (QED) is 0.0906. The van der Waals surface area contributed by atoms with Crippen LogP contribution in [-0.2, 0) is 16.0 Å². The zero-order valence-corrected chi connectivity index (χ0v) is 24.8. The van der Waals surface area contributed by atoms with E-state index in [9.17, 15) is 14.7 Å². The number of ketones is 1. The van der Waals surface area contributed by atoms with Crippen molar-refractivity contribution in [3.8, 4) is 17.2 Å². The Hall–Kier alpha value is -4.26. The molecule has 1 unspecified atom stereocenters. The van der Waals surface area contributed by atoms with Crippen LogP contribution in [0.1, 0.15) is 68.7 Å². The zero-order valence-electron chi connectivity index (χ0n) is 24.8. The van der Waals surface area contributed by atoms with Crippen LogP contribution >= 0.6 is 0 Å². The number of ether oxygens (including phenoxy) is 3. The van der Waals surface area contributed by atoms with Crippen LogP contribution in [0.15, 0.2) is 78.4 Å². The van der Waals surface area contributed by atoms with Crippen molar-refractivity contribution in [2.24, 2.45) is 0 Å². The lowest BCUT2D eigenvalue weighted by molar-refractivity contribution is -0.139. The third kappa shape index (κ3) is 7.32. The minimum absolute atomic E-state index is 0.0393. The number of aliphatic hydroxyl groups excluding tert-OH is 1. The molecule has 0 spiro atoms. The Morgan fingerprint density at radius 1 is 0.833 bits per heavy atom. The topological polar surface area (TPSA) is 85.3 Å². The van der Waals surface area contributed by atoms with E-state index >= 15 is 0 Å². The molecule has 4 rings (SSSR count). The number of carbonyl (C=O) groups is 2. The van der Waals surface area contributed by atoms with E-state index in [0.29, 0.717) is 54.6 Å². The minimum Gasteiger partial charge on any atom is -0.507 e. The van der Waals surface area contributed by atoms with Gasteiger partial charge in [0, 0.05) is 12.1 Å². The number of likely N-dealkylation sites (tertiary alicyclic amines) is 1. The Morgan fingerprint density at radius 2 is 1.60 bits per heavy atom. The van der Waals surface area contributed by atoms with E-state index in [-0.39, 0.29) is 11.3 Å². The summed E-state index contributed by atoms with van der Waals surface area (Å²) in [4.78, 5) is 28.6. The number of hydrogen-bond acceptors (Lipinski definition) is 6. The van der Waals surface area contributed by atoms with Crippen molar-refractivity contribution < 1.29 is 28.9 Å². The molecule has 0 radical (unpaired) electrons. The Balaban J connectivity index is 1.74. The number of rotatable bonds is 15. The van der Waals surface area contributed by atoms with Crippen LogP contribution in [0.4, 0.5) is 0 Å². The lowest BCUT2D eigenvalue weighted by atomic mass is 9.94. The summed E-state index contributed by atoms with van der Waals surface area (Å²) in [6.45, 7) is 5.64. The van der Waals surface area contributed by atoms with Gasteiger partial charge in [-0.15, -0.1) is 0 Å². The van der Waals surface area contributed by atoms with Crippen LogP contribution in [0.5, 0.6) is 17.2 Å². The highest BCUT2D eigenvalue weighted by atomic mass is 16.5. The highest BCUT2D eigenvalue weighted by molar-refractivity contribution is 6.46. The first-order valence-corrected chi connectivity index (χ1v) is 14.8. The molecule has 1 N–H and O–H groups in total. The highest BCUT2D eigenvalue weighted by Crippen LogP contribution is 2.42. The molecular formula is C35H41NO6. The molecule has 7 heteroatoms. The molecule has 1 aliphatic heterocycles. The number of Topliss-reactive ketones (excluding diaryl/α,β-unsaturated/α-hetero) is 1. The summed E-state index contributed by atoms with van der Waals surface area (Å²) >= 11 is 0. The molecular weight excluding hydrogens is 530 g/mol. The first-order valence-electron chi connectivity index (χ1n) is 14.8. The Bertz CT molecular complexity index is 1380. The van der Waals surface area contributed by atoms with E-state index in [4.69, 9.17) is 14.2 Å². The van der Waals surface area contributed by atoms with Crippen molar-refractivity contribution in [2.45, 2.75) is 58.4 Å². The molecule has 3 aromatic rings. The maximum atomic E-state index is 13.5. The summed E-state index contributed by atoms with van der Waals surface area (Å²) in [5.41, 5.74) is 2.15. The number of methoxy groups -OCH3 is 1. The molecule has 1 atom stereocenters. The molecule has 3 aromatic carbocycles. The molecule has 0 saturated carbocycles. The van der Waals surface area contributed by atoms with Crippen molar-refractivity contribution in [3.63, 3.8) is 0 Å². The molecule has 1 saturated heterocycles. The Morgan fingerprint density at radius 3 is 2.33 bits per heavy atom. The maximum Gasteiger partial charge on any atom is 0.295 e. The maximum absolute atomic E-state index is 13.5. The molecule has 1 fully saturated rings. The third-order valence-corrected chi connectivity index (χ3v) is 7.41. The van der Waals surface area contributed by atoms with Crippen molar-refractivity contribution in [1.29, 1.82) is 0 Å². The standard InChI is InChI=1S/C35H41NO6/c1-4-6-11-22-42-29-18-17-26(24-30(29)40-3)32-31(33(37)27-15-12-16-28(23-27)41-21-7-5-2)34(38)35(39)36(32)20-19-25-13-9-8-10-14-25/h8-10,12-18,23-24,32,37H,4-7,11,19-22H2,1-3H3. The molecule has 0 aromatic heterocycles. The SMILES string of the molecule is CCCCCOc1ccc(C2C(=C(O)c3cccc(OCCCC)c3)C(=O)C(=O)N2CCc2ccccc2)cc1OC. The molecule has 42 heavy (non-hydrogen) atoms. The molecule has 1 heterocycles. The van der Waals surface area contributed by atoms with Gasteiger partial charge in [-0.1, -0.05) is 81.6 Å². The van der Waals surface area contributed by atoms with Gasteiger partial charge in [-0.3, -0.25) is 9.59 Å². The first kappa shape index (κ1) is 30.7. The summed E-state index contributed by atoms with van der Waals surface area (Å²) in [7, 11) is 1.56. The number of nitrogens with zero attached hydrogens (tertiary/aromatic N) is 1. The fourth-order valence-corrected chi connectivity index (χ4v) is 5.08. The molecule has 0 bridgehead atoms. The van der Waals surface area contributed by atoms with Crippen LogP contribution in [0.25, 0.3) is 5.76 Å². The van der Waals surface area contributed by atoms with Gasteiger partial charge in [0.25, 0.3) is 11.7 Å². The predicted octanol–water partition coefficient (Wildman–Crippen LogP) is 7.11. The Labute approximate surface area is 248 Å². The van der Waals surface area contributed by atoms with Crippen LogP contribution in [0.3, 0.4) is 0 Å². The lowest BCUT2D eigenvalue weighted by Crippen LogP contribution is -2.31. The summed E-state index contributed by atoms with van der Waals surface area (Å²) in [5, 5.41) is 11.6. The number of carbonyl (C=O) groups excluding carboxylic acids is 2. The predicted molar refractivity (Wildman–Crippen MR) is 164 cm³/mol. The molecule has 0 aliphatic carbocycles. The largest absolute Gasteiger partial charge is 0.507 e. The fourth-order valence-electron chi connectivity index (χ4n) is 5.08. The number of hydrogen-bond donors (Lipinski definition) is 1. The molecule has 222 valence electrons. The van der Waals surface area contributed by atoms with Gasteiger partial charge in [0.2, 0.25) is 0 Å². The van der Waals surface area contributed by atoms with Gasteiger partial charge in [-0.05, 0) is 54.7 Å². The molecule has 1 aliphatic rings. The van der Waals surface area contributed by atoms with Gasteiger partial charge in [-0.25, -0.2) is 0 Å². The molecule has 1 amide bonds. The van der Waals surface area contributed by atoms with Crippen LogP contribution < -0.4 is 14.2 Å². The second kappa shape index (κ2) is 15.1. The van der Waals surface area contributed by atoms with E-state index in [2.05, 4.69) is 13.8 Å². The van der Waals surface area contributed by atoms with Crippen molar-refractivity contribution in [2.75, 3.05) is 26.9 Å². The van der Waals surface area contributed by atoms with Crippen LogP contribution in [-0.4, -0.2) is 48.6 Å². The fraction of sp³-hybridized carbons (Fsp3) is 0.371. The number of benzene rings is 3. The van der Waals surface area contributed by atoms with Gasteiger partial charge in [0.05, 0.1) is 31.9 Å². The van der Waals surface area contributed by atoms with Crippen molar-refractivity contribution in [3.05, 3.63) is 95.1 Å². The summed E-state index contributed by atoms with van der Waals surface area (Å²) in [5.74, 6) is 0.0851. The zero-order chi connectivity index (χ0) is 29.9. The van der Waals surface area contributed by atoms with Gasteiger partial charge < -0.3 is 24.2 Å². The van der Waals surface area contributed by atoms with E-state index in [1.165, 1.54) is 0 Å². The second-order valence-corrected chi connectivity index (χ2v) is 10.4. The minimum atomic E-state index is -0.804. The van der Waals surface area contributed by atoms with Gasteiger partial charge in [-0.2, -0.15) is 0 Å². The monoisotopic (exact) mass is 571 g/mol. The summed E-state index contributed by atoms with van der Waals surface area (Å²) < 4.78 is 17.5. The van der Waals surface area contributed by atoms with Gasteiger partial charge in [0.15, 0.2) is 11.5 Å². The molecule has 7 nitrogen and oxygen atoms in total. The smallest absolute Gasteiger partial charge is 0.295 e. The third-order valence-electron chi connectivity index (χ3n) is 7.41. The highest BCUT2D eigenvalue weighted by Gasteiger charge is 2.46. The summed E-state index contributed by atoms with van der Waals surface area (Å²) in [6.07, 6.45) is 5.56. The van der Waals surface area contributed by atoms with E-state index < -0.39 is 17.7 Å². The van der Waals surface area contributed by atoms with E-state index in [0.717, 1.165) is 37.7 Å². The van der Waals surface area contributed by atoms with Crippen LogP contribution in [0, 0.1) is 0 Å². The second-order valence-electron chi connectivity index (χ2n) is 10.4. The number of aliphatic hydroxyl groups is 1. The van der Waals surface area contributed by atoms with Gasteiger partial charge in [0.1, 0.15) is 11.5 Å². The van der Waals surface area contributed by atoms with Crippen LogP contribution in [0.2, 0.25) is 0 Å². The van der Waals surface area contributed by atoms with E-state index in [1.807, 2.05) is 42.5 Å². The summed E-state index contributed by atoms with van der Waals surface area (Å²) in [6, 6.07) is 21.4. The number of unbranched alkanes of at least 4 members (excludes halogenated alkanes) is 3. The van der Waals surface area contributed by atoms with Crippen molar-refractivity contribution >= 4 is 17.4 Å². The lowest BCUT2D eigenvalue weighted by Gasteiger charge is -2.26. The van der Waals surface area contributed by atoms with E-state index in [1.54, 1.807) is 42.3 Å². The average molecular weight is 572 g/mol. The first-order chi connectivity index (χ1) is 20.5.